The van der Waals surface area contributed by atoms with E-state index < -0.39 is 9.84 Å². The molecule has 4 rings (SSSR count). The Balaban J connectivity index is 1.84. The van der Waals surface area contributed by atoms with Crippen LogP contribution in [-0.2, 0) is 16.4 Å². The maximum absolute atomic E-state index is 13.0. The van der Waals surface area contributed by atoms with Gasteiger partial charge in [-0.1, -0.05) is 18.2 Å². The van der Waals surface area contributed by atoms with Gasteiger partial charge in [0.1, 0.15) is 0 Å². The van der Waals surface area contributed by atoms with Gasteiger partial charge in [-0.05, 0) is 43.6 Å². The number of benzene rings is 1. The third-order valence-electron chi connectivity index (χ3n) is 4.42. The zero-order valence-electron chi connectivity index (χ0n) is 13.1. The van der Waals surface area contributed by atoms with E-state index in [0.717, 1.165) is 25.0 Å². The number of nitrogens with one attached hydrogen (secondary N) is 1. The summed E-state index contributed by atoms with van der Waals surface area (Å²) in [5.41, 5.74) is 0.763. The second-order valence-electron chi connectivity index (χ2n) is 6.06. The van der Waals surface area contributed by atoms with Crippen LogP contribution in [0.3, 0.4) is 0 Å². The van der Waals surface area contributed by atoms with Crippen LogP contribution < -0.4 is 5.32 Å². The highest BCUT2D eigenvalue weighted by molar-refractivity contribution is 7.91. The fourth-order valence-electron chi connectivity index (χ4n) is 3.15. The summed E-state index contributed by atoms with van der Waals surface area (Å²) < 4.78 is 27.8. The highest BCUT2D eigenvalue weighted by Crippen LogP contribution is 2.28. The Morgan fingerprint density at radius 1 is 1.21 bits per heavy atom. The lowest BCUT2D eigenvalue weighted by Crippen LogP contribution is -2.15. The summed E-state index contributed by atoms with van der Waals surface area (Å²) in [6.07, 6.45) is 4.37. The Hall–Kier alpha value is -2.25. The fourth-order valence-corrected chi connectivity index (χ4v) is 4.56. The number of fused-ring (bicyclic) bond motifs is 1. The van der Waals surface area contributed by atoms with Crippen LogP contribution in [0.15, 0.2) is 58.7 Å². The van der Waals surface area contributed by atoms with E-state index >= 15 is 0 Å². The van der Waals surface area contributed by atoms with Crippen molar-refractivity contribution >= 4 is 20.7 Å². The maximum Gasteiger partial charge on any atom is 0.226 e. The van der Waals surface area contributed by atoms with Crippen LogP contribution in [0.4, 0.5) is 0 Å². The van der Waals surface area contributed by atoms with Crippen molar-refractivity contribution in [3.8, 4) is 0 Å². The monoisotopic (exact) mass is 342 g/mol. The molecule has 1 atom stereocenters. The molecule has 3 heterocycles. The highest BCUT2D eigenvalue weighted by Gasteiger charge is 2.26. The number of rotatable bonds is 4. The summed E-state index contributed by atoms with van der Waals surface area (Å²) in [7, 11) is -3.65. The molecule has 0 bridgehead atoms. The molecule has 7 heteroatoms. The lowest BCUT2D eigenvalue weighted by Gasteiger charge is -2.08. The molecule has 1 fully saturated rings. The van der Waals surface area contributed by atoms with Crippen LogP contribution in [0.25, 0.3) is 10.9 Å². The number of hydrogen-bond donors (Lipinski definition) is 1. The minimum absolute atomic E-state index is 0.108. The third kappa shape index (κ3) is 2.59. The normalized spacial score (nSPS) is 18.2. The molecule has 1 aliphatic heterocycles. The van der Waals surface area contributed by atoms with Crippen LogP contribution in [-0.4, -0.2) is 36.3 Å². The molecule has 3 aromatic rings. The number of aromatic nitrogens is 3. The quantitative estimate of drug-likeness (QED) is 0.783. The van der Waals surface area contributed by atoms with Gasteiger partial charge in [-0.15, -0.1) is 0 Å². The van der Waals surface area contributed by atoms with E-state index in [9.17, 15) is 8.42 Å². The van der Waals surface area contributed by atoms with E-state index in [-0.39, 0.29) is 9.92 Å². The van der Waals surface area contributed by atoms with Crippen LogP contribution in [0.5, 0.6) is 0 Å². The first-order valence-electron chi connectivity index (χ1n) is 7.97. The fraction of sp³-hybridized carbons (Fsp3) is 0.294. The zero-order valence-corrected chi connectivity index (χ0v) is 13.9. The van der Waals surface area contributed by atoms with Crippen LogP contribution in [0.2, 0.25) is 0 Å². The largest absolute Gasteiger partial charge is 0.316 e. The molecule has 1 aliphatic rings. The summed E-state index contributed by atoms with van der Waals surface area (Å²) in [4.78, 5) is 4.41. The molecule has 0 saturated carbocycles. The van der Waals surface area contributed by atoms with Gasteiger partial charge < -0.3 is 5.32 Å². The van der Waals surface area contributed by atoms with Crippen molar-refractivity contribution in [1.82, 2.24) is 20.1 Å². The molecule has 1 N–H and O–H groups in total. The zero-order chi connectivity index (χ0) is 16.6. The Morgan fingerprint density at radius 2 is 2.04 bits per heavy atom. The topological polar surface area (TPSA) is 76.9 Å². The predicted octanol–water partition coefficient (Wildman–Crippen LogP) is 1.87. The number of sulfone groups is 1. The molecule has 0 spiro atoms. The van der Waals surface area contributed by atoms with Crippen molar-refractivity contribution < 1.29 is 8.42 Å². The third-order valence-corrected chi connectivity index (χ3v) is 6.13. The number of nitrogens with zero attached hydrogens (tertiary/aromatic N) is 3. The molecule has 6 nitrogen and oxygen atoms in total. The second-order valence-corrected chi connectivity index (χ2v) is 7.92. The van der Waals surface area contributed by atoms with Gasteiger partial charge in [0.15, 0.2) is 5.03 Å². The number of hydrogen-bond acceptors (Lipinski definition) is 5. The van der Waals surface area contributed by atoms with E-state index in [2.05, 4.69) is 15.4 Å². The summed E-state index contributed by atoms with van der Waals surface area (Å²) >= 11 is 0. The Morgan fingerprint density at radius 3 is 2.79 bits per heavy atom. The molecule has 0 aliphatic carbocycles. The second kappa shape index (κ2) is 5.99. The first-order valence-corrected chi connectivity index (χ1v) is 9.46. The van der Waals surface area contributed by atoms with Crippen LogP contribution in [0, 0.1) is 5.92 Å². The minimum atomic E-state index is -3.65. The van der Waals surface area contributed by atoms with Gasteiger partial charge in [-0.3, -0.25) is 9.67 Å². The first-order chi connectivity index (χ1) is 11.7. The average Bonchev–Trinajstić information content (AvgIpc) is 3.25. The van der Waals surface area contributed by atoms with Crippen LogP contribution >= 0.6 is 0 Å². The van der Waals surface area contributed by atoms with Gasteiger partial charge in [0.2, 0.25) is 9.84 Å². The van der Waals surface area contributed by atoms with E-state index in [1.165, 1.54) is 0 Å². The molecular formula is C17H18N4O2S. The molecule has 1 saturated heterocycles. The van der Waals surface area contributed by atoms with Crippen molar-refractivity contribution in [1.29, 1.82) is 0 Å². The van der Waals surface area contributed by atoms with Gasteiger partial charge in [0.25, 0.3) is 0 Å². The van der Waals surface area contributed by atoms with E-state index in [4.69, 9.17) is 0 Å². The van der Waals surface area contributed by atoms with Gasteiger partial charge >= 0.3 is 0 Å². The van der Waals surface area contributed by atoms with Crippen molar-refractivity contribution in [3.63, 3.8) is 0 Å². The molecule has 124 valence electrons. The smallest absolute Gasteiger partial charge is 0.226 e. The Labute approximate surface area is 140 Å². The highest BCUT2D eigenvalue weighted by atomic mass is 32.2. The standard InChI is InChI=1S/C17H18N4O2S/c22-24(23,14-4-2-1-3-5-14)17-15-7-9-19-11-16(15)21(20-17)12-13-6-8-18-10-13/h1-5,7,9,11,13,18H,6,8,10,12H2/t13-/m0/s1. The SMILES string of the molecule is O=S(=O)(c1ccccc1)c1nn(C[C@H]2CCNC2)c2cnccc12. The van der Waals surface area contributed by atoms with Gasteiger partial charge in [0.05, 0.1) is 16.6 Å². The molecule has 2 aromatic heterocycles. The Kier molecular flexibility index (Phi) is 3.82. The van der Waals surface area contributed by atoms with E-state index in [1.807, 2.05) is 0 Å². The van der Waals surface area contributed by atoms with Crippen LogP contribution in [0.1, 0.15) is 6.42 Å². The predicted molar refractivity (Wildman–Crippen MR) is 90.4 cm³/mol. The first kappa shape index (κ1) is 15.3. The van der Waals surface area contributed by atoms with Crippen molar-refractivity contribution in [2.24, 2.45) is 5.92 Å². The van der Waals surface area contributed by atoms with Gasteiger partial charge in [0, 0.05) is 18.1 Å². The molecule has 24 heavy (non-hydrogen) atoms. The van der Waals surface area contributed by atoms with Crippen molar-refractivity contribution in [2.45, 2.75) is 22.9 Å². The maximum atomic E-state index is 13.0. The molecule has 0 unspecified atom stereocenters. The van der Waals surface area contributed by atoms with E-state index in [0.29, 0.717) is 17.8 Å². The number of pyridine rings is 1. The molecule has 0 amide bonds. The summed E-state index contributed by atoms with van der Waals surface area (Å²) in [5.74, 6) is 0.459. The van der Waals surface area contributed by atoms with Crippen molar-refractivity contribution in [3.05, 3.63) is 48.8 Å². The lowest BCUT2D eigenvalue weighted by atomic mass is 10.1. The summed E-state index contributed by atoms with van der Waals surface area (Å²) in [6, 6.07) is 10.2. The Bertz CT molecular complexity index is 961. The van der Waals surface area contributed by atoms with E-state index in [1.54, 1.807) is 53.5 Å². The summed E-state index contributed by atoms with van der Waals surface area (Å²) in [6.45, 7) is 2.62. The van der Waals surface area contributed by atoms with Crippen molar-refractivity contribution in [2.75, 3.05) is 13.1 Å². The summed E-state index contributed by atoms with van der Waals surface area (Å²) in [5, 5.41) is 8.52. The lowest BCUT2D eigenvalue weighted by molar-refractivity contribution is 0.452. The van der Waals surface area contributed by atoms with Gasteiger partial charge in [-0.25, -0.2) is 8.42 Å². The average molecular weight is 342 g/mol. The molecule has 0 radical (unpaired) electrons. The molecular weight excluding hydrogens is 324 g/mol. The molecule has 1 aromatic carbocycles. The minimum Gasteiger partial charge on any atom is -0.316 e. The van der Waals surface area contributed by atoms with Gasteiger partial charge in [-0.2, -0.15) is 5.10 Å².